The van der Waals surface area contributed by atoms with Crippen molar-refractivity contribution in [2.45, 2.75) is 66.0 Å². The van der Waals surface area contributed by atoms with Crippen LogP contribution in [0.25, 0.3) is 5.57 Å². The number of aryl methyl sites for hydroxylation is 1. The molecule has 2 heterocycles. The minimum Gasteiger partial charge on any atom is -0.493 e. The van der Waals surface area contributed by atoms with Crippen molar-refractivity contribution in [1.82, 2.24) is 9.88 Å². The molecule has 1 aliphatic rings. The fourth-order valence-electron chi connectivity index (χ4n) is 4.34. The third-order valence-electron chi connectivity index (χ3n) is 6.06. The van der Waals surface area contributed by atoms with Gasteiger partial charge in [-0.25, -0.2) is 9.78 Å². The van der Waals surface area contributed by atoms with Crippen LogP contribution < -0.4 is 4.74 Å². The Morgan fingerprint density at radius 1 is 1.31 bits per heavy atom. The average molecular weight is 479 g/mol. The monoisotopic (exact) mass is 478 g/mol. The number of carbonyl (C=O) groups excluding carboxylic acids is 1. The Bertz CT molecular complexity index is 1160. The molecule has 186 valence electrons. The molecule has 7 nitrogen and oxygen atoms in total. The molecule has 0 saturated carbocycles. The van der Waals surface area contributed by atoms with Crippen molar-refractivity contribution in [1.29, 1.82) is 0 Å². The van der Waals surface area contributed by atoms with Crippen LogP contribution in [0, 0.1) is 6.92 Å². The number of fused-ring (bicyclic) bond motifs is 1. The fourth-order valence-corrected chi connectivity index (χ4v) is 4.34. The van der Waals surface area contributed by atoms with E-state index >= 15 is 0 Å². The van der Waals surface area contributed by atoms with Crippen molar-refractivity contribution in [3.63, 3.8) is 0 Å². The third-order valence-corrected chi connectivity index (χ3v) is 6.06. The largest absolute Gasteiger partial charge is 0.493 e. The molecule has 1 aromatic carbocycles. The second kappa shape index (κ2) is 11.7. The van der Waals surface area contributed by atoms with Gasteiger partial charge in [-0.3, -0.25) is 4.79 Å². The van der Waals surface area contributed by atoms with Crippen LogP contribution in [0.15, 0.2) is 53.0 Å². The maximum absolute atomic E-state index is 12.8. The molecule has 1 N–H and O–H groups in total. The van der Waals surface area contributed by atoms with E-state index in [1.54, 1.807) is 24.3 Å². The molecular weight excluding hydrogens is 444 g/mol. The number of carbonyl (C=O) groups is 2. The van der Waals surface area contributed by atoms with Gasteiger partial charge in [-0.1, -0.05) is 37.3 Å². The molecule has 0 unspecified atom stereocenters. The van der Waals surface area contributed by atoms with E-state index in [1.165, 1.54) is 11.0 Å². The van der Waals surface area contributed by atoms with Crippen LogP contribution in [-0.4, -0.2) is 39.5 Å². The minimum atomic E-state index is -1.08. The molecule has 2 atom stereocenters. The smallest absolute Gasteiger partial charge is 0.331 e. The van der Waals surface area contributed by atoms with E-state index in [4.69, 9.17) is 9.15 Å². The highest BCUT2D eigenvalue weighted by atomic mass is 16.5. The molecule has 1 aromatic heterocycles. The zero-order valence-electron chi connectivity index (χ0n) is 21.1. The quantitative estimate of drug-likeness (QED) is 0.381. The van der Waals surface area contributed by atoms with Crippen molar-refractivity contribution >= 4 is 17.4 Å². The van der Waals surface area contributed by atoms with Gasteiger partial charge < -0.3 is 19.2 Å². The standard InChI is InChI=1S/C28H34N2O5/c1-6-8-9-11-25(31)30-19(4)16-21-12-13-22(17-23(21)26(30)28(32)33)34-15-14-24-20(5)35-27(29-24)18(3)10-7-2/h6,8-13,17,19,26H,7,14-16H2,1-5H3,(H,32,33)/t19-,26+/m0/s1. The number of amides is 1. The van der Waals surface area contributed by atoms with Crippen LogP contribution in [0.5, 0.6) is 5.75 Å². The van der Waals surface area contributed by atoms with E-state index < -0.39 is 12.0 Å². The number of nitrogens with zero attached hydrogens (tertiary/aromatic N) is 2. The predicted octanol–water partition coefficient (Wildman–Crippen LogP) is 5.45. The van der Waals surface area contributed by atoms with E-state index in [9.17, 15) is 14.7 Å². The molecule has 3 rings (SSSR count). The number of benzene rings is 1. The van der Waals surface area contributed by atoms with Crippen molar-refractivity contribution in [2.24, 2.45) is 0 Å². The lowest BCUT2D eigenvalue weighted by Gasteiger charge is -2.39. The molecule has 1 amide bonds. The Morgan fingerprint density at radius 2 is 2.09 bits per heavy atom. The summed E-state index contributed by atoms with van der Waals surface area (Å²) in [6, 6.07) is 4.17. The van der Waals surface area contributed by atoms with Gasteiger partial charge in [0.25, 0.3) is 0 Å². The Balaban J connectivity index is 1.77. The van der Waals surface area contributed by atoms with E-state index in [0.717, 1.165) is 29.0 Å². The molecular formula is C28H34N2O5. The number of aromatic nitrogens is 1. The summed E-state index contributed by atoms with van der Waals surface area (Å²) >= 11 is 0. The van der Waals surface area contributed by atoms with Gasteiger partial charge in [-0.15, -0.1) is 0 Å². The highest BCUT2D eigenvalue weighted by molar-refractivity contribution is 5.92. The summed E-state index contributed by atoms with van der Waals surface area (Å²) in [5.74, 6) is 0.552. The predicted molar refractivity (Wildman–Crippen MR) is 135 cm³/mol. The van der Waals surface area contributed by atoms with Gasteiger partial charge in [-0.05, 0) is 63.8 Å². The maximum Gasteiger partial charge on any atom is 0.331 e. The lowest BCUT2D eigenvalue weighted by atomic mass is 9.88. The summed E-state index contributed by atoms with van der Waals surface area (Å²) in [5.41, 5.74) is 3.34. The Hall–Kier alpha value is -3.61. The number of hydrogen-bond donors (Lipinski definition) is 1. The number of rotatable bonds is 9. The van der Waals surface area contributed by atoms with Crippen LogP contribution in [0.2, 0.25) is 0 Å². The number of ether oxygens (including phenoxy) is 1. The van der Waals surface area contributed by atoms with Gasteiger partial charge in [0.1, 0.15) is 11.5 Å². The highest BCUT2D eigenvalue weighted by Gasteiger charge is 2.39. The number of carboxylic acids is 1. The van der Waals surface area contributed by atoms with E-state index in [1.807, 2.05) is 39.8 Å². The number of carboxylic acid groups (broad SMARTS) is 1. The highest BCUT2D eigenvalue weighted by Crippen LogP contribution is 2.36. The summed E-state index contributed by atoms with van der Waals surface area (Å²) in [6.07, 6.45) is 10.7. The molecule has 35 heavy (non-hydrogen) atoms. The first-order chi connectivity index (χ1) is 16.8. The second-order valence-corrected chi connectivity index (χ2v) is 8.70. The molecule has 0 saturated heterocycles. The van der Waals surface area contributed by atoms with Crippen molar-refractivity contribution in [2.75, 3.05) is 6.61 Å². The number of hydrogen-bond acceptors (Lipinski definition) is 5. The molecule has 2 aromatic rings. The summed E-state index contributed by atoms with van der Waals surface area (Å²) in [6.45, 7) is 10.0. The molecule has 0 fully saturated rings. The van der Waals surface area contributed by atoms with E-state index in [0.29, 0.717) is 36.7 Å². The molecule has 1 aliphatic heterocycles. The molecule has 0 aliphatic carbocycles. The topological polar surface area (TPSA) is 92.9 Å². The zero-order chi connectivity index (χ0) is 25.5. The summed E-state index contributed by atoms with van der Waals surface area (Å²) in [5, 5.41) is 10.0. The Kier molecular flexibility index (Phi) is 8.68. The first-order valence-corrected chi connectivity index (χ1v) is 12.0. The summed E-state index contributed by atoms with van der Waals surface area (Å²) in [4.78, 5) is 31.1. The fraction of sp³-hybridized carbons (Fsp3) is 0.393. The first kappa shape index (κ1) is 26.0. The average Bonchev–Trinajstić information content (AvgIpc) is 3.19. The normalized spacial score (nSPS) is 18.3. The van der Waals surface area contributed by atoms with Gasteiger partial charge in [0, 0.05) is 24.1 Å². The van der Waals surface area contributed by atoms with Crippen LogP contribution in [0.4, 0.5) is 0 Å². The second-order valence-electron chi connectivity index (χ2n) is 8.70. The summed E-state index contributed by atoms with van der Waals surface area (Å²) in [7, 11) is 0. The SMILES string of the molecule is CC=CC=CC(=O)N1[C@@H](C)Cc2ccc(OCCc3nc(C(C)=CCC)oc3C)cc2[C@@H]1C(=O)O. The molecule has 7 heteroatoms. The van der Waals surface area contributed by atoms with E-state index in [-0.39, 0.29) is 11.9 Å². The van der Waals surface area contributed by atoms with Crippen LogP contribution >= 0.6 is 0 Å². The minimum absolute atomic E-state index is 0.243. The maximum atomic E-state index is 12.8. The Labute approximate surface area is 206 Å². The van der Waals surface area contributed by atoms with E-state index in [2.05, 4.69) is 18.0 Å². The van der Waals surface area contributed by atoms with Crippen molar-refractivity contribution < 1.29 is 23.8 Å². The summed E-state index contributed by atoms with van der Waals surface area (Å²) < 4.78 is 11.7. The zero-order valence-corrected chi connectivity index (χ0v) is 21.1. The van der Waals surface area contributed by atoms with Crippen molar-refractivity contribution in [3.8, 4) is 5.75 Å². The number of aliphatic carboxylic acids is 1. The lowest BCUT2D eigenvalue weighted by molar-refractivity contribution is -0.151. The third kappa shape index (κ3) is 6.10. The van der Waals surface area contributed by atoms with Crippen molar-refractivity contribution in [3.05, 3.63) is 77.1 Å². The molecule has 0 radical (unpaired) electrons. The van der Waals surface area contributed by atoms with Gasteiger partial charge in [0.2, 0.25) is 11.8 Å². The van der Waals surface area contributed by atoms with Gasteiger partial charge in [-0.2, -0.15) is 0 Å². The molecule has 0 bridgehead atoms. The molecule has 0 spiro atoms. The first-order valence-electron chi connectivity index (χ1n) is 12.0. The van der Waals surface area contributed by atoms with Crippen LogP contribution in [-0.2, 0) is 22.4 Å². The van der Waals surface area contributed by atoms with Gasteiger partial charge >= 0.3 is 5.97 Å². The van der Waals surface area contributed by atoms with Gasteiger partial charge in [0.15, 0.2) is 6.04 Å². The lowest BCUT2D eigenvalue weighted by Crippen LogP contribution is -2.48. The van der Waals surface area contributed by atoms with Crippen LogP contribution in [0.3, 0.4) is 0 Å². The number of oxazole rings is 1. The van der Waals surface area contributed by atoms with Gasteiger partial charge in [0.05, 0.1) is 12.3 Å². The van der Waals surface area contributed by atoms with Crippen LogP contribution in [0.1, 0.15) is 68.6 Å². The number of allylic oxidation sites excluding steroid dienone is 5. The Morgan fingerprint density at radius 3 is 2.77 bits per heavy atom.